The zero-order chi connectivity index (χ0) is 17.9. The van der Waals surface area contributed by atoms with E-state index < -0.39 is 0 Å². The van der Waals surface area contributed by atoms with E-state index in [4.69, 9.17) is 9.47 Å². The van der Waals surface area contributed by atoms with E-state index >= 15 is 0 Å². The third kappa shape index (κ3) is 6.26. The van der Waals surface area contributed by atoms with Crippen molar-refractivity contribution in [2.75, 3.05) is 13.2 Å². The molecule has 0 unspecified atom stereocenters. The molecule has 0 saturated heterocycles. The van der Waals surface area contributed by atoms with Crippen molar-refractivity contribution >= 4 is 11.9 Å². The van der Waals surface area contributed by atoms with Crippen molar-refractivity contribution in [1.29, 1.82) is 0 Å². The topological polar surface area (TPSA) is 30.8 Å². The Morgan fingerprint density at radius 3 is 2.16 bits per heavy atom. The molecule has 0 aliphatic heterocycles. The molecule has 0 fully saturated rings. The molecule has 0 aliphatic carbocycles. The molecule has 2 aromatic carbocycles. The smallest absolute Gasteiger partial charge is 0.128 e. The Labute approximate surface area is 151 Å². The molecule has 0 saturated carbocycles. The second kappa shape index (κ2) is 10.5. The Morgan fingerprint density at radius 2 is 1.52 bits per heavy atom. The molecule has 2 rings (SSSR count). The van der Waals surface area contributed by atoms with Crippen LogP contribution in [0.1, 0.15) is 50.7 Å². The Hall–Kier alpha value is -2.29. The quantitative estimate of drug-likeness (QED) is 0.386. The maximum atomic E-state index is 5.98. The van der Waals surface area contributed by atoms with E-state index in [2.05, 4.69) is 31.8 Å². The van der Waals surface area contributed by atoms with Gasteiger partial charge in [-0.1, -0.05) is 44.9 Å². The van der Waals surface area contributed by atoms with Crippen molar-refractivity contribution in [2.45, 2.75) is 46.5 Å². The Balaban J connectivity index is 2.24. The summed E-state index contributed by atoms with van der Waals surface area (Å²) in [4.78, 5) is 4.57. The van der Waals surface area contributed by atoms with Crippen LogP contribution in [0.15, 0.2) is 47.5 Å². The number of benzene rings is 2. The lowest BCUT2D eigenvalue weighted by molar-refractivity contribution is 0.299. The number of hydrogen-bond donors (Lipinski definition) is 0. The zero-order valence-electron chi connectivity index (χ0n) is 15.6. The zero-order valence-corrected chi connectivity index (χ0v) is 15.6. The van der Waals surface area contributed by atoms with Crippen LogP contribution in [-0.4, -0.2) is 19.4 Å². The Bertz CT molecular complexity index is 665. The SMILES string of the molecule is CCCCOc1cc(C=Nc2ccccc2)c(OCCCC)cc1C. The largest absolute Gasteiger partial charge is 0.493 e. The molecule has 3 heteroatoms. The maximum absolute atomic E-state index is 5.98. The predicted molar refractivity (Wildman–Crippen MR) is 106 cm³/mol. The van der Waals surface area contributed by atoms with Crippen molar-refractivity contribution in [3.05, 3.63) is 53.6 Å². The lowest BCUT2D eigenvalue weighted by Gasteiger charge is -2.14. The van der Waals surface area contributed by atoms with E-state index in [0.717, 1.165) is 67.2 Å². The fraction of sp³-hybridized carbons (Fsp3) is 0.409. The lowest BCUT2D eigenvalue weighted by Crippen LogP contribution is -2.03. The summed E-state index contributed by atoms with van der Waals surface area (Å²) in [5.74, 6) is 1.78. The molecule has 0 amide bonds. The van der Waals surface area contributed by atoms with Crippen LogP contribution in [0, 0.1) is 6.92 Å². The third-order valence-corrected chi connectivity index (χ3v) is 3.93. The highest BCUT2D eigenvalue weighted by molar-refractivity contribution is 5.86. The third-order valence-electron chi connectivity index (χ3n) is 3.93. The molecule has 0 atom stereocenters. The number of rotatable bonds is 10. The first-order valence-electron chi connectivity index (χ1n) is 9.24. The first-order valence-corrected chi connectivity index (χ1v) is 9.24. The summed E-state index contributed by atoms with van der Waals surface area (Å²) < 4.78 is 11.9. The molecule has 2 aromatic rings. The van der Waals surface area contributed by atoms with Gasteiger partial charge in [0, 0.05) is 11.8 Å². The van der Waals surface area contributed by atoms with Gasteiger partial charge in [0.1, 0.15) is 11.5 Å². The normalized spacial score (nSPS) is 11.0. The van der Waals surface area contributed by atoms with Gasteiger partial charge in [-0.2, -0.15) is 0 Å². The van der Waals surface area contributed by atoms with Gasteiger partial charge in [-0.05, 0) is 49.6 Å². The van der Waals surface area contributed by atoms with Crippen molar-refractivity contribution in [2.24, 2.45) is 4.99 Å². The molecule has 3 nitrogen and oxygen atoms in total. The van der Waals surface area contributed by atoms with Gasteiger partial charge in [0.25, 0.3) is 0 Å². The summed E-state index contributed by atoms with van der Waals surface area (Å²) in [5, 5.41) is 0. The minimum Gasteiger partial charge on any atom is -0.493 e. The summed E-state index contributed by atoms with van der Waals surface area (Å²) in [6, 6.07) is 14.0. The van der Waals surface area contributed by atoms with Crippen LogP contribution in [0.5, 0.6) is 11.5 Å². The van der Waals surface area contributed by atoms with Gasteiger partial charge in [-0.25, -0.2) is 0 Å². The summed E-state index contributed by atoms with van der Waals surface area (Å²) >= 11 is 0. The van der Waals surface area contributed by atoms with Crippen LogP contribution < -0.4 is 9.47 Å². The van der Waals surface area contributed by atoms with Gasteiger partial charge in [-0.3, -0.25) is 4.99 Å². The molecule has 134 valence electrons. The number of nitrogens with zero attached hydrogens (tertiary/aromatic N) is 1. The number of aliphatic imine (C=N–C) groups is 1. The molecule has 0 bridgehead atoms. The number of aryl methyl sites for hydroxylation is 1. The van der Waals surface area contributed by atoms with Crippen LogP contribution in [-0.2, 0) is 0 Å². The molecular formula is C22H29NO2. The maximum Gasteiger partial charge on any atom is 0.128 e. The fourth-order valence-corrected chi connectivity index (χ4v) is 2.37. The van der Waals surface area contributed by atoms with Crippen molar-refractivity contribution in [3.8, 4) is 11.5 Å². The fourth-order valence-electron chi connectivity index (χ4n) is 2.37. The van der Waals surface area contributed by atoms with E-state index in [1.807, 2.05) is 42.6 Å². The van der Waals surface area contributed by atoms with Gasteiger partial charge in [-0.15, -0.1) is 0 Å². The summed E-state index contributed by atoms with van der Waals surface area (Å²) in [7, 11) is 0. The van der Waals surface area contributed by atoms with Crippen LogP contribution in [0.2, 0.25) is 0 Å². The number of unbranched alkanes of at least 4 members (excludes halogenated alkanes) is 2. The minimum atomic E-state index is 0.720. The van der Waals surface area contributed by atoms with Crippen LogP contribution in [0.3, 0.4) is 0 Å². The highest BCUT2D eigenvalue weighted by Crippen LogP contribution is 2.28. The van der Waals surface area contributed by atoms with E-state index in [9.17, 15) is 0 Å². The van der Waals surface area contributed by atoms with Gasteiger partial charge in [0.05, 0.1) is 18.9 Å². The lowest BCUT2D eigenvalue weighted by atomic mass is 10.1. The number of hydrogen-bond acceptors (Lipinski definition) is 3. The van der Waals surface area contributed by atoms with E-state index in [0.29, 0.717) is 0 Å². The van der Waals surface area contributed by atoms with E-state index in [1.165, 1.54) is 0 Å². The first kappa shape index (κ1) is 19.0. The summed E-state index contributed by atoms with van der Waals surface area (Å²) in [6.45, 7) is 7.85. The molecule has 0 aliphatic rings. The van der Waals surface area contributed by atoms with Crippen molar-refractivity contribution in [3.63, 3.8) is 0 Å². The number of ether oxygens (including phenoxy) is 2. The van der Waals surface area contributed by atoms with Crippen molar-refractivity contribution in [1.82, 2.24) is 0 Å². The summed E-state index contributed by atoms with van der Waals surface area (Å²) in [6.07, 6.45) is 6.21. The second-order valence-electron chi connectivity index (χ2n) is 6.15. The predicted octanol–water partition coefficient (Wildman–Crippen LogP) is 6.10. The molecule has 0 aromatic heterocycles. The molecule has 0 heterocycles. The van der Waals surface area contributed by atoms with Gasteiger partial charge in [0.15, 0.2) is 0 Å². The summed E-state index contributed by atoms with van der Waals surface area (Å²) in [5.41, 5.74) is 2.98. The molecule has 25 heavy (non-hydrogen) atoms. The molecular weight excluding hydrogens is 310 g/mol. The minimum absolute atomic E-state index is 0.720. The Morgan fingerprint density at radius 1 is 0.880 bits per heavy atom. The van der Waals surface area contributed by atoms with Gasteiger partial charge in [0.2, 0.25) is 0 Å². The van der Waals surface area contributed by atoms with Crippen LogP contribution in [0.25, 0.3) is 0 Å². The Kier molecular flexibility index (Phi) is 8.03. The second-order valence-corrected chi connectivity index (χ2v) is 6.15. The molecule has 0 spiro atoms. The highest BCUT2D eigenvalue weighted by Gasteiger charge is 2.09. The standard InChI is InChI=1S/C22H29NO2/c1-4-6-13-24-21-16-19(17-23-20-11-9-8-10-12-20)22(15-18(21)3)25-14-7-5-2/h8-12,15-17H,4-7,13-14H2,1-3H3. The first-order chi connectivity index (χ1) is 12.2. The molecule has 0 N–H and O–H groups in total. The van der Waals surface area contributed by atoms with Crippen LogP contribution in [0.4, 0.5) is 5.69 Å². The number of para-hydroxylation sites is 1. The van der Waals surface area contributed by atoms with Gasteiger partial charge < -0.3 is 9.47 Å². The monoisotopic (exact) mass is 339 g/mol. The van der Waals surface area contributed by atoms with E-state index in [-0.39, 0.29) is 0 Å². The van der Waals surface area contributed by atoms with Crippen LogP contribution >= 0.6 is 0 Å². The average molecular weight is 339 g/mol. The van der Waals surface area contributed by atoms with E-state index in [1.54, 1.807) is 0 Å². The molecule has 0 radical (unpaired) electrons. The van der Waals surface area contributed by atoms with Gasteiger partial charge >= 0.3 is 0 Å². The van der Waals surface area contributed by atoms with Crippen molar-refractivity contribution < 1.29 is 9.47 Å². The average Bonchev–Trinajstić information content (AvgIpc) is 2.63. The highest BCUT2D eigenvalue weighted by atomic mass is 16.5.